The van der Waals surface area contributed by atoms with Gasteiger partial charge in [-0.1, -0.05) is 66.2 Å². The second-order valence-electron chi connectivity index (χ2n) is 14.7. The van der Waals surface area contributed by atoms with Crippen molar-refractivity contribution in [2.75, 3.05) is 11.9 Å². The molecule has 4 aromatic carbocycles. The Hall–Kier alpha value is -5.15. The Morgan fingerprint density at radius 1 is 1.04 bits per heavy atom. The number of ether oxygens (including phenoxy) is 1. The summed E-state index contributed by atoms with van der Waals surface area (Å²) in [5.74, 6) is 1.57. The largest absolute Gasteiger partial charge is 0.444 e. The minimum atomic E-state index is -0.521. The van der Waals surface area contributed by atoms with Gasteiger partial charge in [0, 0.05) is 37.0 Å². The molecule has 9 nitrogen and oxygen atoms in total. The SMILES string of the molecule is Cn1nc(-c2ccc3c(c2)CCN(C(=O)OC(C)(C)C)C3)nc1Nc1ccc2c(cnn2C2Cc3ccc4cccc5c4c3C(C=C5)C2)c1Cl. The number of anilines is 2. The Bertz CT molecular complexity index is 2380. The van der Waals surface area contributed by atoms with Crippen molar-refractivity contribution in [3.05, 3.63) is 106 Å². The Morgan fingerprint density at radius 2 is 1.90 bits per heavy atom. The normalized spacial score (nSPS) is 18.1. The number of amides is 1. The molecular weight excluding hydrogens is 646 g/mol. The predicted molar refractivity (Wildman–Crippen MR) is 198 cm³/mol. The molecular formula is C40H38ClN7O2. The number of aromatic nitrogens is 5. The van der Waals surface area contributed by atoms with Crippen molar-refractivity contribution in [1.29, 1.82) is 0 Å². The molecule has 9 rings (SSSR count). The lowest BCUT2D eigenvalue weighted by atomic mass is 9.74. The third kappa shape index (κ3) is 5.22. The van der Waals surface area contributed by atoms with Crippen molar-refractivity contribution in [2.24, 2.45) is 7.05 Å². The predicted octanol–water partition coefficient (Wildman–Crippen LogP) is 8.97. The van der Waals surface area contributed by atoms with Crippen molar-refractivity contribution in [3.63, 3.8) is 0 Å². The summed E-state index contributed by atoms with van der Waals surface area (Å²) in [5.41, 5.74) is 8.68. The van der Waals surface area contributed by atoms with Gasteiger partial charge in [0.25, 0.3) is 0 Å². The fraction of sp³-hybridized carbons (Fsp3) is 0.300. The maximum Gasteiger partial charge on any atom is 0.410 e. The zero-order chi connectivity index (χ0) is 34.3. The number of nitrogens with zero attached hydrogens (tertiary/aromatic N) is 6. The molecule has 1 N–H and O–H groups in total. The zero-order valence-electron chi connectivity index (χ0n) is 28.6. The van der Waals surface area contributed by atoms with E-state index < -0.39 is 5.60 Å². The lowest BCUT2D eigenvalue weighted by Gasteiger charge is -2.34. The first kappa shape index (κ1) is 30.9. The number of carbonyl (C=O) groups excluding carboxylic acids is 1. The highest BCUT2D eigenvalue weighted by atomic mass is 35.5. The van der Waals surface area contributed by atoms with Gasteiger partial charge >= 0.3 is 6.09 Å². The number of fused-ring (bicyclic) bond motifs is 2. The van der Waals surface area contributed by atoms with Crippen LogP contribution >= 0.6 is 11.6 Å². The number of carbonyl (C=O) groups is 1. The van der Waals surface area contributed by atoms with Gasteiger partial charge < -0.3 is 15.0 Å². The summed E-state index contributed by atoms with van der Waals surface area (Å²) in [5, 5.41) is 17.3. The number of hydrogen-bond acceptors (Lipinski definition) is 6. The van der Waals surface area contributed by atoms with Crippen LogP contribution in [0, 0.1) is 0 Å². The Balaban J connectivity index is 0.944. The number of allylic oxidation sites excluding steroid dienone is 1. The first-order valence-electron chi connectivity index (χ1n) is 17.3. The van der Waals surface area contributed by atoms with E-state index in [9.17, 15) is 4.79 Å². The lowest BCUT2D eigenvalue weighted by molar-refractivity contribution is 0.0224. The molecule has 0 saturated carbocycles. The van der Waals surface area contributed by atoms with E-state index in [0.717, 1.165) is 47.0 Å². The van der Waals surface area contributed by atoms with Gasteiger partial charge in [-0.2, -0.15) is 10.1 Å². The van der Waals surface area contributed by atoms with Crippen LogP contribution in [0.1, 0.15) is 67.0 Å². The van der Waals surface area contributed by atoms with Gasteiger partial charge in [0.05, 0.1) is 28.5 Å². The van der Waals surface area contributed by atoms with Crippen LogP contribution in [0.3, 0.4) is 0 Å². The molecule has 0 bridgehead atoms. The van der Waals surface area contributed by atoms with Crippen LogP contribution < -0.4 is 5.32 Å². The van der Waals surface area contributed by atoms with E-state index in [4.69, 9.17) is 31.5 Å². The van der Waals surface area contributed by atoms with Crippen LogP contribution in [-0.4, -0.2) is 47.7 Å². The van der Waals surface area contributed by atoms with Crippen molar-refractivity contribution in [1.82, 2.24) is 29.4 Å². The average Bonchev–Trinajstić information content (AvgIpc) is 3.71. The molecule has 50 heavy (non-hydrogen) atoms. The molecule has 2 unspecified atom stereocenters. The topological polar surface area (TPSA) is 90.1 Å². The molecule has 3 heterocycles. The molecule has 0 fully saturated rings. The highest BCUT2D eigenvalue weighted by Crippen LogP contribution is 2.46. The number of hydrogen-bond donors (Lipinski definition) is 1. The van der Waals surface area contributed by atoms with E-state index in [0.29, 0.717) is 35.8 Å². The summed E-state index contributed by atoms with van der Waals surface area (Å²) in [4.78, 5) is 19.2. The third-order valence-corrected chi connectivity index (χ3v) is 10.7. The van der Waals surface area contributed by atoms with Crippen LogP contribution in [0.25, 0.3) is 39.1 Å². The summed E-state index contributed by atoms with van der Waals surface area (Å²) >= 11 is 7.06. The molecule has 3 aliphatic rings. The summed E-state index contributed by atoms with van der Waals surface area (Å²) in [7, 11) is 1.87. The molecule has 0 saturated heterocycles. The van der Waals surface area contributed by atoms with Crippen LogP contribution in [0.5, 0.6) is 0 Å². The molecule has 6 aromatic rings. The number of nitrogens with one attached hydrogen (secondary N) is 1. The highest BCUT2D eigenvalue weighted by molar-refractivity contribution is 6.38. The Morgan fingerprint density at radius 3 is 2.76 bits per heavy atom. The van der Waals surface area contributed by atoms with E-state index in [1.807, 2.05) is 46.1 Å². The summed E-state index contributed by atoms with van der Waals surface area (Å²) in [6.45, 7) is 6.79. The summed E-state index contributed by atoms with van der Waals surface area (Å²) in [6.07, 6.45) is 8.93. The van der Waals surface area contributed by atoms with Gasteiger partial charge in [-0.3, -0.25) is 4.68 Å². The van der Waals surface area contributed by atoms with Crippen molar-refractivity contribution in [3.8, 4) is 11.4 Å². The van der Waals surface area contributed by atoms with E-state index in [2.05, 4.69) is 70.7 Å². The monoisotopic (exact) mass is 683 g/mol. The van der Waals surface area contributed by atoms with Crippen molar-refractivity contribution >= 4 is 57.1 Å². The molecule has 2 aliphatic carbocycles. The average molecular weight is 684 g/mol. The molecule has 252 valence electrons. The van der Waals surface area contributed by atoms with Gasteiger partial charge in [0.15, 0.2) is 5.82 Å². The molecule has 1 aliphatic heterocycles. The van der Waals surface area contributed by atoms with Gasteiger partial charge in [0.2, 0.25) is 5.95 Å². The molecule has 0 spiro atoms. The quantitative estimate of drug-likeness (QED) is 0.200. The zero-order valence-corrected chi connectivity index (χ0v) is 29.3. The fourth-order valence-electron chi connectivity index (χ4n) is 7.93. The number of aryl methyl sites for hydroxylation is 1. The first-order valence-corrected chi connectivity index (χ1v) is 17.6. The van der Waals surface area contributed by atoms with Gasteiger partial charge in [-0.25, -0.2) is 9.48 Å². The highest BCUT2D eigenvalue weighted by Gasteiger charge is 2.32. The first-order chi connectivity index (χ1) is 24.1. The van der Waals surface area contributed by atoms with Crippen molar-refractivity contribution < 1.29 is 9.53 Å². The van der Waals surface area contributed by atoms with Crippen LogP contribution in [0.2, 0.25) is 5.02 Å². The smallest absolute Gasteiger partial charge is 0.410 e. The van der Waals surface area contributed by atoms with Crippen LogP contribution in [0.4, 0.5) is 16.4 Å². The molecule has 2 atom stereocenters. The molecule has 0 radical (unpaired) electrons. The lowest BCUT2D eigenvalue weighted by Crippen LogP contribution is -2.39. The van der Waals surface area contributed by atoms with Gasteiger partial charge in [-0.15, -0.1) is 5.10 Å². The summed E-state index contributed by atoms with van der Waals surface area (Å²) in [6, 6.07) is 21.7. The maximum atomic E-state index is 12.6. The minimum Gasteiger partial charge on any atom is -0.444 e. The fourth-order valence-corrected chi connectivity index (χ4v) is 8.19. The maximum absolute atomic E-state index is 12.6. The number of halogens is 1. The third-order valence-electron chi connectivity index (χ3n) is 10.3. The second kappa shape index (κ2) is 11.5. The standard InChI is InChI=1S/C40H38ClN7O2/c1-40(2,3)50-39(49)47-17-16-25-18-28(12-13-29(25)22-47)37-44-38(46(4)45-37)43-32-14-15-33-31(36(32)41)21-42-48(33)30-19-26-10-8-23-6-5-7-24-9-11-27(20-30)35(26)34(23)24/h5-15,18,21,26,30H,16-17,19-20,22H2,1-4H3,(H,43,44,45). The van der Waals surface area contributed by atoms with E-state index in [-0.39, 0.29) is 12.1 Å². The van der Waals surface area contributed by atoms with Gasteiger partial charge in [0.1, 0.15) is 5.60 Å². The number of benzene rings is 4. The molecule has 1 amide bonds. The summed E-state index contributed by atoms with van der Waals surface area (Å²) < 4.78 is 9.48. The van der Waals surface area contributed by atoms with E-state index in [1.165, 1.54) is 33.0 Å². The minimum absolute atomic E-state index is 0.227. The van der Waals surface area contributed by atoms with Crippen molar-refractivity contribution in [2.45, 2.75) is 64.1 Å². The van der Waals surface area contributed by atoms with E-state index in [1.54, 1.807) is 9.58 Å². The van der Waals surface area contributed by atoms with Crippen LogP contribution in [-0.2, 0) is 31.2 Å². The molecule has 2 aromatic heterocycles. The number of rotatable bonds is 4. The molecule has 10 heteroatoms. The second-order valence-corrected chi connectivity index (χ2v) is 15.1. The Kier molecular flexibility index (Phi) is 7.07. The Labute approximate surface area is 295 Å². The van der Waals surface area contributed by atoms with Crippen LogP contribution in [0.15, 0.2) is 72.9 Å². The van der Waals surface area contributed by atoms with E-state index >= 15 is 0 Å². The van der Waals surface area contributed by atoms with Gasteiger partial charge in [-0.05, 0) is 96.8 Å².